The molecule has 0 saturated carbocycles. The second-order valence-corrected chi connectivity index (χ2v) is 10.2. The Bertz CT molecular complexity index is 1910. The molecule has 0 amide bonds. The average molecular weight is 539 g/mol. The Morgan fingerprint density at radius 1 is 0.900 bits per heavy atom. The summed E-state index contributed by atoms with van der Waals surface area (Å²) >= 11 is 0. The van der Waals surface area contributed by atoms with Crippen molar-refractivity contribution in [1.82, 2.24) is 35.1 Å². The van der Waals surface area contributed by atoms with Gasteiger partial charge in [0, 0.05) is 60.4 Å². The first-order chi connectivity index (χ1) is 19.6. The lowest BCUT2D eigenvalue weighted by molar-refractivity contribution is 0.566. The lowest BCUT2D eigenvalue weighted by atomic mass is 9.98. The van der Waals surface area contributed by atoms with Crippen molar-refractivity contribution in [3.05, 3.63) is 84.7 Å². The molecule has 6 heterocycles. The summed E-state index contributed by atoms with van der Waals surface area (Å²) in [6, 6.07) is 11.5. The number of rotatable bonds is 4. The van der Waals surface area contributed by atoms with Gasteiger partial charge in [0.1, 0.15) is 28.7 Å². The molecule has 6 aromatic rings. The van der Waals surface area contributed by atoms with Gasteiger partial charge >= 0.3 is 0 Å². The normalized spacial score (nSPS) is 18.4. The fourth-order valence-electron chi connectivity index (χ4n) is 6.16. The van der Waals surface area contributed by atoms with Crippen molar-refractivity contribution in [3.8, 4) is 33.6 Å². The molecule has 4 aromatic heterocycles. The lowest BCUT2D eigenvalue weighted by Crippen LogP contribution is -2.43. The van der Waals surface area contributed by atoms with Gasteiger partial charge in [0.25, 0.3) is 0 Å². The third-order valence-electron chi connectivity index (χ3n) is 7.98. The summed E-state index contributed by atoms with van der Waals surface area (Å²) in [5.74, 6) is -1.81. The maximum atomic E-state index is 15.8. The van der Waals surface area contributed by atoms with Crippen molar-refractivity contribution < 1.29 is 13.2 Å². The zero-order chi connectivity index (χ0) is 27.0. The van der Waals surface area contributed by atoms with Crippen LogP contribution < -0.4 is 10.2 Å². The number of halogens is 3. The van der Waals surface area contributed by atoms with Crippen LogP contribution in [0.25, 0.3) is 50.2 Å². The first-order valence-corrected chi connectivity index (χ1v) is 13.0. The van der Waals surface area contributed by atoms with Gasteiger partial charge in [-0.1, -0.05) is 6.07 Å². The van der Waals surface area contributed by atoms with Crippen LogP contribution in [0.3, 0.4) is 0 Å². The summed E-state index contributed by atoms with van der Waals surface area (Å²) < 4.78 is 47.5. The van der Waals surface area contributed by atoms with Crippen molar-refractivity contribution in [2.24, 2.45) is 0 Å². The number of hydrogen-bond acceptors (Lipinski definition) is 6. The van der Waals surface area contributed by atoms with E-state index in [2.05, 4.69) is 30.4 Å². The number of anilines is 1. The van der Waals surface area contributed by atoms with Crippen molar-refractivity contribution in [2.75, 3.05) is 18.0 Å². The molecule has 0 spiro atoms. The Labute approximate surface area is 225 Å². The molecule has 0 unspecified atom stereocenters. The number of pyridine rings is 1. The standard InChI is InChI=1S/C29H21F3N8/c30-21-2-1-19(20-13-36-37-28(20)21)25-27(15-3-6-33-7-4-15)38-40-24(5-8-34-29(25)40)26-22(31)10-17(11-23(26)32)39-14-16-9-18(39)12-35-16/h1-8,10-11,13,16,18,35H,9,12,14H2,(H,36,37)/t16-,18-/m1/s1. The molecule has 0 radical (unpaired) electrons. The Hall–Kier alpha value is -4.77. The summed E-state index contributed by atoms with van der Waals surface area (Å²) in [6.45, 7) is 1.53. The van der Waals surface area contributed by atoms with E-state index in [-0.39, 0.29) is 22.8 Å². The molecule has 2 bridgehead atoms. The van der Waals surface area contributed by atoms with Crippen LogP contribution in [0.1, 0.15) is 6.42 Å². The van der Waals surface area contributed by atoms with Gasteiger partial charge in [0.05, 0.1) is 23.0 Å². The van der Waals surface area contributed by atoms with Crippen LogP contribution in [0, 0.1) is 17.5 Å². The van der Waals surface area contributed by atoms with Crippen molar-refractivity contribution >= 4 is 22.2 Å². The van der Waals surface area contributed by atoms with Crippen molar-refractivity contribution in [1.29, 1.82) is 0 Å². The first-order valence-electron chi connectivity index (χ1n) is 13.0. The minimum Gasteiger partial charge on any atom is -0.365 e. The third kappa shape index (κ3) is 3.37. The number of piperazine rings is 1. The third-order valence-corrected chi connectivity index (χ3v) is 7.98. The van der Waals surface area contributed by atoms with Crippen molar-refractivity contribution in [3.63, 3.8) is 0 Å². The lowest BCUT2D eigenvalue weighted by Gasteiger charge is -2.30. The molecule has 2 aliphatic heterocycles. The van der Waals surface area contributed by atoms with E-state index < -0.39 is 17.5 Å². The summed E-state index contributed by atoms with van der Waals surface area (Å²) in [4.78, 5) is 10.7. The minimum atomic E-state index is -0.681. The first kappa shape index (κ1) is 23.1. The fourth-order valence-corrected chi connectivity index (χ4v) is 6.16. The zero-order valence-electron chi connectivity index (χ0n) is 20.9. The van der Waals surface area contributed by atoms with Gasteiger partial charge < -0.3 is 10.2 Å². The van der Waals surface area contributed by atoms with E-state index in [9.17, 15) is 4.39 Å². The number of aromatic nitrogens is 6. The van der Waals surface area contributed by atoms with Crippen molar-refractivity contribution in [2.45, 2.75) is 18.5 Å². The topological polar surface area (TPSA) is 87.0 Å². The van der Waals surface area contributed by atoms with Crippen LogP contribution >= 0.6 is 0 Å². The van der Waals surface area contributed by atoms with E-state index >= 15 is 8.78 Å². The van der Waals surface area contributed by atoms with Crippen LogP contribution in [0.4, 0.5) is 18.9 Å². The molecule has 8 nitrogen and oxygen atoms in total. The maximum Gasteiger partial charge on any atom is 0.164 e. The summed E-state index contributed by atoms with van der Waals surface area (Å²) in [7, 11) is 0. The van der Waals surface area contributed by atoms with E-state index in [1.165, 1.54) is 35.1 Å². The van der Waals surface area contributed by atoms with Gasteiger partial charge in [-0.15, -0.1) is 0 Å². The molecule has 0 aliphatic carbocycles. The fraction of sp³-hybridized carbons (Fsp3) is 0.172. The number of nitrogens with zero attached hydrogens (tertiary/aromatic N) is 6. The van der Waals surface area contributed by atoms with Crippen LogP contribution in [0.15, 0.2) is 67.3 Å². The van der Waals surface area contributed by atoms with Gasteiger partial charge in [-0.05, 0) is 48.4 Å². The van der Waals surface area contributed by atoms with E-state index in [1.807, 2.05) is 0 Å². The van der Waals surface area contributed by atoms with E-state index in [4.69, 9.17) is 5.10 Å². The molecular weight excluding hydrogens is 517 g/mol. The number of benzene rings is 2. The molecule has 2 aromatic carbocycles. The predicted molar refractivity (Wildman–Crippen MR) is 144 cm³/mol. The number of fused-ring (bicyclic) bond motifs is 4. The zero-order valence-corrected chi connectivity index (χ0v) is 20.9. The largest absolute Gasteiger partial charge is 0.365 e. The molecule has 2 atom stereocenters. The minimum absolute atomic E-state index is 0.193. The number of nitrogens with one attached hydrogen (secondary N) is 2. The predicted octanol–water partition coefficient (Wildman–Crippen LogP) is 4.97. The summed E-state index contributed by atoms with van der Waals surface area (Å²) in [5.41, 5.74) is 3.60. The summed E-state index contributed by atoms with van der Waals surface area (Å²) in [6.07, 6.45) is 7.27. The molecule has 2 fully saturated rings. The second-order valence-electron chi connectivity index (χ2n) is 10.2. The monoisotopic (exact) mass is 538 g/mol. The molecule has 11 heteroatoms. The Morgan fingerprint density at radius 3 is 2.48 bits per heavy atom. The van der Waals surface area contributed by atoms with Crippen LogP contribution in [-0.2, 0) is 0 Å². The maximum absolute atomic E-state index is 15.8. The SMILES string of the molecule is Fc1cc(N2C[C@H]3C[C@@H]2CN3)cc(F)c1-c1ccnc2c(-c3ccc(F)c4[nH]ncc34)c(-c3ccncc3)nn12. The van der Waals surface area contributed by atoms with Gasteiger partial charge in [-0.25, -0.2) is 22.7 Å². The van der Waals surface area contributed by atoms with Gasteiger partial charge in [0.2, 0.25) is 0 Å². The molecule has 198 valence electrons. The average Bonchev–Trinajstić information content (AvgIpc) is 3.77. The highest BCUT2D eigenvalue weighted by molar-refractivity contribution is 6.03. The van der Waals surface area contributed by atoms with Gasteiger partial charge in [-0.3, -0.25) is 10.1 Å². The second kappa shape index (κ2) is 8.62. The summed E-state index contributed by atoms with van der Waals surface area (Å²) in [5, 5.41) is 15.5. The highest BCUT2D eigenvalue weighted by atomic mass is 19.1. The number of aromatic amines is 1. The molecule has 8 rings (SSSR count). The van der Waals surface area contributed by atoms with Crippen LogP contribution in [0.2, 0.25) is 0 Å². The van der Waals surface area contributed by atoms with Gasteiger partial charge in [0.15, 0.2) is 5.65 Å². The smallest absolute Gasteiger partial charge is 0.164 e. The number of hydrogen-bond donors (Lipinski definition) is 2. The molecule has 2 saturated heterocycles. The van der Waals surface area contributed by atoms with Gasteiger partial charge in [-0.2, -0.15) is 10.2 Å². The highest BCUT2D eigenvalue weighted by Crippen LogP contribution is 2.41. The van der Waals surface area contributed by atoms with E-state index in [0.29, 0.717) is 39.6 Å². The highest BCUT2D eigenvalue weighted by Gasteiger charge is 2.38. The van der Waals surface area contributed by atoms with Crippen LogP contribution in [-0.4, -0.2) is 55.0 Å². The Balaban J connectivity index is 1.36. The Kier molecular flexibility index (Phi) is 4.99. The van der Waals surface area contributed by atoms with E-state index in [0.717, 1.165) is 25.1 Å². The molecule has 2 aliphatic rings. The molecule has 40 heavy (non-hydrogen) atoms. The quantitative estimate of drug-likeness (QED) is 0.330. The Morgan fingerprint density at radius 2 is 1.73 bits per heavy atom. The molecular formula is C29H21F3N8. The van der Waals surface area contributed by atoms with Crippen LogP contribution in [0.5, 0.6) is 0 Å². The number of H-pyrrole nitrogens is 1. The molecule has 2 N–H and O–H groups in total. The van der Waals surface area contributed by atoms with E-state index in [1.54, 1.807) is 36.7 Å².